The van der Waals surface area contributed by atoms with Crippen LogP contribution in [-0.2, 0) is 4.74 Å². The number of amides is 1. The summed E-state index contributed by atoms with van der Waals surface area (Å²) in [4.78, 5) is 12.9. The molecule has 1 atom stereocenters. The maximum atomic E-state index is 10.8. The first kappa shape index (κ1) is 9.05. The summed E-state index contributed by atoms with van der Waals surface area (Å²) in [7, 11) is 3.92. The number of hydrogen-bond acceptors (Lipinski definition) is 3. The molecule has 4 nitrogen and oxygen atoms in total. The molecule has 0 N–H and O–H groups in total. The lowest BCUT2D eigenvalue weighted by Crippen LogP contribution is -2.28. The van der Waals surface area contributed by atoms with Gasteiger partial charge < -0.3 is 9.64 Å². The van der Waals surface area contributed by atoms with E-state index in [1.165, 1.54) is 0 Å². The van der Waals surface area contributed by atoms with Crippen molar-refractivity contribution in [2.24, 2.45) is 0 Å². The molecule has 0 aromatic rings. The summed E-state index contributed by atoms with van der Waals surface area (Å²) < 4.78 is 6.58. The lowest BCUT2D eigenvalue weighted by Gasteiger charge is -2.13. The van der Waals surface area contributed by atoms with E-state index in [4.69, 9.17) is 4.74 Å². The number of halogens is 1. The summed E-state index contributed by atoms with van der Waals surface area (Å²) in [5.74, 6) is 0. The molecule has 1 fully saturated rings. The first-order valence-electron chi connectivity index (χ1n) is 3.38. The van der Waals surface area contributed by atoms with Gasteiger partial charge in [-0.15, -0.1) is 0 Å². The Morgan fingerprint density at radius 1 is 1.82 bits per heavy atom. The van der Waals surface area contributed by atoms with E-state index in [2.05, 4.69) is 0 Å². The Hall–Kier alpha value is -0.0400. The number of carbonyl (C=O) groups is 1. The SMILES string of the molecule is CN(C)C[C@H]1CN(I)C(=O)O1. The van der Waals surface area contributed by atoms with E-state index in [0.29, 0.717) is 6.54 Å². The molecule has 0 unspecified atom stereocenters. The van der Waals surface area contributed by atoms with Crippen molar-refractivity contribution in [2.75, 3.05) is 27.2 Å². The summed E-state index contributed by atoms with van der Waals surface area (Å²) in [5, 5.41) is 0. The molecule has 1 aliphatic heterocycles. The van der Waals surface area contributed by atoms with Crippen molar-refractivity contribution < 1.29 is 9.53 Å². The van der Waals surface area contributed by atoms with Crippen LogP contribution in [0.2, 0.25) is 0 Å². The lowest BCUT2D eigenvalue weighted by molar-refractivity contribution is 0.121. The predicted molar refractivity (Wildman–Crippen MR) is 49.5 cm³/mol. The quantitative estimate of drug-likeness (QED) is 0.547. The largest absolute Gasteiger partial charge is 0.442 e. The maximum Gasteiger partial charge on any atom is 0.419 e. The summed E-state index contributed by atoms with van der Waals surface area (Å²) in [6.07, 6.45) is -0.188. The van der Waals surface area contributed by atoms with Gasteiger partial charge in [0.15, 0.2) is 0 Å². The molecule has 0 aromatic heterocycles. The van der Waals surface area contributed by atoms with Crippen molar-refractivity contribution >= 4 is 29.0 Å². The Morgan fingerprint density at radius 3 is 2.82 bits per heavy atom. The third-order valence-electron chi connectivity index (χ3n) is 1.40. The number of rotatable bonds is 2. The zero-order chi connectivity index (χ0) is 8.43. The number of ether oxygens (including phenoxy) is 1. The molecule has 1 rings (SSSR count). The van der Waals surface area contributed by atoms with Crippen LogP contribution in [0.1, 0.15) is 0 Å². The minimum atomic E-state index is -0.225. The van der Waals surface area contributed by atoms with Crippen LogP contribution in [0.25, 0.3) is 0 Å². The van der Waals surface area contributed by atoms with Gasteiger partial charge in [-0.3, -0.25) is 0 Å². The Kier molecular flexibility index (Phi) is 2.94. The van der Waals surface area contributed by atoms with Gasteiger partial charge in [0.25, 0.3) is 0 Å². The molecule has 0 saturated carbocycles. The Labute approximate surface area is 80.0 Å². The highest BCUT2D eigenvalue weighted by Gasteiger charge is 2.29. The summed E-state index contributed by atoms with van der Waals surface area (Å²) >= 11 is 1.96. The molecule has 0 bridgehead atoms. The normalized spacial score (nSPS) is 24.5. The van der Waals surface area contributed by atoms with Gasteiger partial charge in [-0.05, 0) is 14.1 Å². The Bertz CT molecular complexity index is 163. The van der Waals surface area contributed by atoms with E-state index in [1.54, 1.807) is 3.11 Å². The van der Waals surface area contributed by atoms with Crippen LogP contribution in [0, 0.1) is 0 Å². The van der Waals surface area contributed by atoms with Gasteiger partial charge in [0.1, 0.15) is 6.10 Å². The third kappa shape index (κ3) is 2.48. The van der Waals surface area contributed by atoms with Crippen molar-refractivity contribution in [3.8, 4) is 0 Å². The summed E-state index contributed by atoms with van der Waals surface area (Å²) in [6.45, 7) is 1.49. The van der Waals surface area contributed by atoms with Gasteiger partial charge in [0.2, 0.25) is 0 Å². The molecule has 0 radical (unpaired) electrons. The van der Waals surface area contributed by atoms with Crippen LogP contribution < -0.4 is 0 Å². The van der Waals surface area contributed by atoms with Crippen molar-refractivity contribution in [3.05, 3.63) is 0 Å². The predicted octanol–water partition coefficient (Wildman–Crippen LogP) is 0.719. The fourth-order valence-electron chi connectivity index (χ4n) is 0.993. The van der Waals surface area contributed by atoms with E-state index in [-0.39, 0.29) is 12.2 Å². The van der Waals surface area contributed by atoms with E-state index in [9.17, 15) is 4.79 Å². The first-order chi connectivity index (χ1) is 5.09. The van der Waals surface area contributed by atoms with E-state index >= 15 is 0 Å². The van der Waals surface area contributed by atoms with Crippen molar-refractivity contribution in [1.82, 2.24) is 8.01 Å². The summed E-state index contributed by atoms with van der Waals surface area (Å²) in [5.41, 5.74) is 0. The van der Waals surface area contributed by atoms with Crippen LogP contribution >= 0.6 is 22.9 Å². The standard InChI is InChI=1S/C6H11IN2O2/c1-8(2)3-5-4-9(7)6(10)11-5/h5H,3-4H2,1-2H3/t5-/m0/s1. The van der Waals surface area contributed by atoms with Gasteiger partial charge in [-0.25, -0.2) is 7.91 Å². The summed E-state index contributed by atoms with van der Waals surface area (Å²) in [6, 6.07) is 0. The van der Waals surface area contributed by atoms with Crippen LogP contribution in [-0.4, -0.2) is 47.4 Å². The van der Waals surface area contributed by atoms with Gasteiger partial charge in [-0.1, -0.05) is 0 Å². The minimum absolute atomic E-state index is 0.0365. The van der Waals surface area contributed by atoms with Crippen LogP contribution in [0.3, 0.4) is 0 Å². The molecule has 1 aliphatic rings. The van der Waals surface area contributed by atoms with E-state index in [0.717, 1.165) is 6.54 Å². The number of cyclic esters (lactones) is 1. The lowest BCUT2D eigenvalue weighted by atomic mass is 10.3. The number of likely N-dealkylation sites (N-methyl/N-ethyl adjacent to an activating group) is 1. The molecule has 1 saturated heterocycles. The molecule has 5 heteroatoms. The number of nitrogens with zero attached hydrogens (tertiary/aromatic N) is 2. The van der Waals surface area contributed by atoms with Crippen molar-refractivity contribution in [2.45, 2.75) is 6.10 Å². The molecular weight excluding hydrogens is 259 g/mol. The zero-order valence-electron chi connectivity index (χ0n) is 6.58. The molecular formula is C6H11IN2O2. The molecule has 0 aromatic carbocycles. The fourth-order valence-corrected chi connectivity index (χ4v) is 1.55. The smallest absolute Gasteiger partial charge is 0.419 e. The fraction of sp³-hybridized carbons (Fsp3) is 0.833. The average Bonchev–Trinajstić information content (AvgIpc) is 2.10. The number of hydrogen-bond donors (Lipinski definition) is 0. The molecule has 64 valence electrons. The van der Waals surface area contributed by atoms with E-state index < -0.39 is 0 Å². The topological polar surface area (TPSA) is 32.8 Å². The van der Waals surface area contributed by atoms with Gasteiger partial charge in [0.05, 0.1) is 29.4 Å². The second-order valence-corrected chi connectivity index (χ2v) is 3.98. The monoisotopic (exact) mass is 270 g/mol. The van der Waals surface area contributed by atoms with Crippen molar-refractivity contribution in [3.63, 3.8) is 0 Å². The highest BCUT2D eigenvalue weighted by atomic mass is 127. The Balaban J connectivity index is 2.35. The van der Waals surface area contributed by atoms with Crippen LogP contribution in [0.5, 0.6) is 0 Å². The van der Waals surface area contributed by atoms with Gasteiger partial charge >= 0.3 is 6.09 Å². The first-order valence-corrected chi connectivity index (χ1v) is 4.34. The maximum absolute atomic E-state index is 10.8. The van der Waals surface area contributed by atoms with E-state index in [1.807, 2.05) is 41.9 Å². The molecule has 1 heterocycles. The minimum Gasteiger partial charge on any atom is -0.442 e. The van der Waals surface area contributed by atoms with Crippen LogP contribution in [0.4, 0.5) is 4.79 Å². The third-order valence-corrected chi connectivity index (χ3v) is 2.19. The molecule has 11 heavy (non-hydrogen) atoms. The molecule has 1 amide bonds. The average molecular weight is 270 g/mol. The molecule has 0 aliphatic carbocycles. The van der Waals surface area contributed by atoms with Crippen LogP contribution in [0.15, 0.2) is 0 Å². The zero-order valence-corrected chi connectivity index (χ0v) is 8.74. The second kappa shape index (κ2) is 3.57. The van der Waals surface area contributed by atoms with Crippen molar-refractivity contribution in [1.29, 1.82) is 0 Å². The number of carbonyl (C=O) groups excluding carboxylic acids is 1. The van der Waals surface area contributed by atoms with Gasteiger partial charge in [-0.2, -0.15) is 0 Å². The Morgan fingerprint density at radius 2 is 2.45 bits per heavy atom. The van der Waals surface area contributed by atoms with Gasteiger partial charge in [0, 0.05) is 6.54 Å². The highest BCUT2D eigenvalue weighted by Crippen LogP contribution is 2.15. The molecule has 0 spiro atoms. The highest BCUT2D eigenvalue weighted by molar-refractivity contribution is 14.1. The second-order valence-electron chi connectivity index (χ2n) is 2.81.